The van der Waals surface area contributed by atoms with E-state index in [2.05, 4.69) is 0 Å². The van der Waals surface area contributed by atoms with Crippen molar-refractivity contribution in [3.63, 3.8) is 0 Å². The standard InChI is InChI=1S/C32H43NO10/c1-5-7-12-18-39-30(36)42-26-17-16-24(20-27(26)43-31(37)40-19-13-8-6-2)22-32(33,29(35)38-4)21-23(3)41-28(34)25-14-10-9-11-15-25/h9-11,14-17,20,23H,5-8,12-13,18-19,21-22,33H2,1-4H3/t23?,32-/m1/s1. The first-order chi connectivity index (χ1) is 20.6. The van der Waals surface area contributed by atoms with Gasteiger partial charge in [-0.2, -0.15) is 0 Å². The van der Waals surface area contributed by atoms with Crippen molar-refractivity contribution in [3.8, 4) is 11.5 Å². The number of carbonyl (C=O) groups is 4. The molecule has 0 saturated heterocycles. The van der Waals surface area contributed by atoms with Crippen LogP contribution in [0.25, 0.3) is 0 Å². The molecule has 1 unspecified atom stereocenters. The fourth-order valence-electron chi connectivity index (χ4n) is 4.25. The summed E-state index contributed by atoms with van der Waals surface area (Å²) in [5, 5.41) is 0. The molecule has 0 fully saturated rings. The van der Waals surface area contributed by atoms with Gasteiger partial charge in [-0.15, -0.1) is 0 Å². The minimum atomic E-state index is -1.62. The van der Waals surface area contributed by atoms with Crippen LogP contribution in [-0.4, -0.2) is 56.2 Å². The van der Waals surface area contributed by atoms with Crippen molar-refractivity contribution >= 4 is 24.2 Å². The first-order valence-corrected chi connectivity index (χ1v) is 14.6. The lowest BCUT2D eigenvalue weighted by molar-refractivity contribution is -0.148. The molecule has 11 heteroatoms. The van der Waals surface area contributed by atoms with Gasteiger partial charge in [0, 0.05) is 12.8 Å². The molecule has 2 rings (SSSR count). The molecule has 0 aliphatic heterocycles. The summed E-state index contributed by atoms with van der Waals surface area (Å²) in [5.74, 6) is -1.50. The lowest BCUT2D eigenvalue weighted by atomic mass is 9.86. The van der Waals surface area contributed by atoms with E-state index in [0.29, 0.717) is 24.0 Å². The maximum atomic E-state index is 12.8. The molecule has 2 aromatic rings. The number of hydrogen-bond acceptors (Lipinski definition) is 11. The molecule has 0 amide bonds. The highest BCUT2D eigenvalue weighted by atomic mass is 16.7. The highest BCUT2D eigenvalue weighted by Gasteiger charge is 2.38. The molecule has 43 heavy (non-hydrogen) atoms. The van der Waals surface area contributed by atoms with Gasteiger partial charge in [-0.3, -0.25) is 4.79 Å². The van der Waals surface area contributed by atoms with Crippen LogP contribution in [0.5, 0.6) is 11.5 Å². The first-order valence-electron chi connectivity index (χ1n) is 14.6. The summed E-state index contributed by atoms with van der Waals surface area (Å²) >= 11 is 0. The molecule has 2 aromatic carbocycles. The summed E-state index contributed by atoms with van der Waals surface area (Å²) in [4.78, 5) is 50.1. The Hall–Kier alpha value is -4.12. The Bertz CT molecular complexity index is 1190. The quantitative estimate of drug-likeness (QED) is 0.0963. The van der Waals surface area contributed by atoms with E-state index in [-0.39, 0.29) is 37.6 Å². The lowest BCUT2D eigenvalue weighted by Crippen LogP contribution is -2.53. The van der Waals surface area contributed by atoms with E-state index in [4.69, 9.17) is 34.2 Å². The van der Waals surface area contributed by atoms with E-state index in [0.717, 1.165) is 25.7 Å². The number of carbonyl (C=O) groups excluding carboxylic acids is 4. The van der Waals surface area contributed by atoms with Crippen molar-refractivity contribution in [1.29, 1.82) is 0 Å². The van der Waals surface area contributed by atoms with Crippen LogP contribution < -0.4 is 15.2 Å². The van der Waals surface area contributed by atoms with Crippen LogP contribution in [0.3, 0.4) is 0 Å². The van der Waals surface area contributed by atoms with Gasteiger partial charge in [0.1, 0.15) is 11.6 Å². The van der Waals surface area contributed by atoms with Gasteiger partial charge in [-0.05, 0) is 49.6 Å². The maximum Gasteiger partial charge on any atom is 0.513 e. The summed E-state index contributed by atoms with van der Waals surface area (Å²) in [6, 6.07) is 12.8. The average Bonchev–Trinajstić information content (AvgIpc) is 2.98. The molecule has 0 aliphatic carbocycles. The van der Waals surface area contributed by atoms with E-state index in [1.807, 2.05) is 13.8 Å². The third kappa shape index (κ3) is 12.3. The van der Waals surface area contributed by atoms with Crippen LogP contribution in [0.1, 0.15) is 81.6 Å². The number of rotatable bonds is 17. The molecule has 11 nitrogen and oxygen atoms in total. The topological polar surface area (TPSA) is 150 Å². The minimum absolute atomic E-state index is 0.0732. The molecule has 0 bridgehead atoms. The summed E-state index contributed by atoms with van der Waals surface area (Å²) < 4.78 is 31.4. The van der Waals surface area contributed by atoms with Crippen molar-refractivity contribution in [1.82, 2.24) is 0 Å². The van der Waals surface area contributed by atoms with Crippen LogP contribution in [0.4, 0.5) is 9.59 Å². The van der Waals surface area contributed by atoms with Crippen LogP contribution in [0, 0.1) is 0 Å². The fourth-order valence-corrected chi connectivity index (χ4v) is 4.25. The zero-order valence-corrected chi connectivity index (χ0v) is 25.4. The minimum Gasteiger partial charge on any atom is -0.468 e. The second-order valence-electron chi connectivity index (χ2n) is 10.2. The van der Waals surface area contributed by atoms with Crippen molar-refractivity contribution in [2.45, 2.75) is 83.8 Å². The van der Waals surface area contributed by atoms with E-state index < -0.39 is 35.9 Å². The normalized spacial score (nSPS) is 12.8. The highest BCUT2D eigenvalue weighted by molar-refractivity contribution is 5.89. The Morgan fingerprint density at radius 2 is 1.40 bits per heavy atom. The summed E-state index contributed by atoms with van der Waals surface area (Å²) in [6.07, 6.45) is 2.18. The molecule has 0 aromatic heterocycles. The number of methoxy groups -OCH3 is 1. The van der Waals surface area contributed by atoms with Gasteiger partial charge in [-0.1, -0.05) is 63.8 Å². The molecule has 0 radical (unpaired) electrons. The number of hydrogen-bond donors (Lipinski definition) is 1. The second kappa shape index (κ2) is 18.4. The van der Waals surface area contributed by atoms with E-state index in [1.54, 1.807) is 43.3 Å². The third-order valence-corrected chi connectivity index (χ3v) is 6.41. The Balaban J connectivity index is 2.23. The largest absolute Gasteiger partial charge is 0.513 e. The lowest BCUT2D eigenvalue weighted by Gasteiger charge is -2.29. The van der Waals surface area contributed by atoms with Crippen LogP contribution in [0.15, 0.2) is 48.5 Å². The molecule has 236 valence electrons. The van der Waals surface area contributed by atoms with Crippen LogP contribution >= 0.6 is 0 Å². The number of esters is 2. The van der Waals surface area contributed by atoms with Crippen molar-refractivity contribution in [3.05, 3.63) is 59.7 Å². The van der Waals surface area contributed by atoms with Gasteiger partial charge in [0.05, 0.1) is 25.9 Å². The summed E-state index contributed by atoms with van der Waals surface area (Å²) in [7, 11) is 1.21. The number of ether oxygens (including phenoxy) is 6. The Morgan fingerprint density at radius 3 is 1.95 bits per heavy atom. The Kier molecular flexibility index (Phi) is 15.0. The second-order valence-corrected chi connectivity index (χ2v) is 10.2. The van der Waals surface area contributed by atoms with Gasteiger partial charge < -0.3 is 34.2 Å². The molecule has 0 aliphatic rings. The predicted molar refractivity (Wildman–Crippen MR) is 158 cm³/mol. The SMILES string of the molecule is CCCCCOC(=O)Oc1ccc(C[C@](N)(CC(C)OC(=O)c2ccccc2)C(=O)OC)cc1OC(=O)OCCCCC. The predicted octanol–water partition coefficient (Wildman–Crippen LogP) is 6.15. The van der Waals surface area contributed by atoms with Crippen molar-refractivity contribution < 1.29 is 47.6 Å². The number of benzene rings is 2. The molecule has 0 heterocycles. The number of nitrogens with two attached hydrogens (primary N) is 1. The van der Waals surface area contributed by atoms with E-state index in [1.165, 1.54) is 19.2 Å². The molecular formula is C32H43NO10. The maximum absolute atomic E-state index is 12.8. The van der Waals surface area contributed by atoms with Crippen molar-refractivity contribution in [2.24, 2.45) is 5.73 Å². The summed E-state index contributed by atoms with van der Waals surface area (Å²) in [6.45, 7) is 6.02. The monoisotopic (exact) mass is 601 g/mol. The van der Waals surface area contributed by atoms with Gasteiger partial charge >= 0.3 is 24.2 Å². The zero-order valence-electron chi connectivity index (χ0n) is 25.4. The molecule has 0 saturated carbocycles. The van der Waals surface area contributed by atoms with Crippen LogP contribution in [-0.2, 0) is 30.2 Å². The van der Waals surface area contributed by atoms with E-state index in [9.17, 15) is 19.2 Å². The number of unbranched alkanes of at least 4 members (excludes halogenated alkanes) is 4. The average molecular weight is 602 g/mol. The zero-order chi connectivity index (χ0) is 31.7. The Labute approximate surface area is 252 Å². The van der Waals surface area contributed by atoms with Crippen molar-refractivity contribution in [2.75, 3.05) is 20.3 Å². The summed E-state index contributed by atoms with van der Waals surface area (Å²) in [5.41, 5.74) is 5.73. The molecule has 0 spiro atoms. The third-order valence-electron chi connectivity index (χ3n) is 6.41. The Morgan fingerprint density at radius 1 is 0.814 bits per heavy atom. The molecule has 2 atom stereocenters. The van der Waals surface area contributed by atoms with E-state index >= 15 is 0 Å². The van der Waals surface area contributed by atoms with Gasteiger partial charge in [0.2, 0.25) is 0 Å². The van der Waals surface area contributed by atoms with Gasteiger partial charge in [-0.25, -0.2) is 14.4 Å². The first kappa shape index (κ1) is 35.1. The molecule has 2 N–H and O–H groups in total. The van der Waals surface area contributed by atoms with Gasteiger partial charge in [0.15, 0.2) is 11.5 Å². The fraction of sp³-hybridized carbons (Fsp3) is 0.500. The highest BCUT2D eigenvalue weighted by Crippen LogP contribution is 2.32. The smallest absolute Gasteiger partial charge is 0.468 e. The van der Waals surface area contributed by atoms with Gasteiger partial charge in [0.25, 0.3) is 0 Å². The van der Waals surface area contributed by atoms with Crippen LogP contribution in [0.2, 0.25) is 0 Å². The molecular weight excluding hydrogens is 558 g/mol.